The van der Waals surface area contributed by atoms with E-state index in [1.807, 2.05) is 0 Å². The van der Waals surface area contributed by atoms with E-state index < -0.39 is 5.91 Å². The third-order valence-corrected chi connectivity index (χ3v) is 2.22. The van der Waals surface area contributed by atoms with Crippen LogP contribution in [-0.4, -0.2) is 22.6 Å². The van der Waals surface area contributed by atoms with E-state index in [4.69, 9.17) is 10.3 Å². The van der Waals surface area contributed by atoms with E-state index in [1.54, 1.807) is 25.1 Å². The molecule has 0 saturated carbocycles. The van der Waals surface area contributed by atoms with Gasteiger partial charge in [0.2, 0.25) is 0 Å². The van der Waals surface area contributed by atoms with Gasteiger partial charge in [-0.05, 0) is 19.1 Å². The minimum absolute atomic E-state index is 0.221. The Hall–Kier alpha value is -2.65. The van der Waals surface area contributed by atoms with Gasteiger partial charge in [-0.2, -0.15) is 0 Å². The van der Waals surface area contributed by atoms with Gasteiger partial charge in [0.15, 0.2) is 5.82 Å². The molecule has 2 aromatic rings. The van der Waals surface area contributed by atoms with Crippen LogP contribution < -0.4 is 11.1 Å². The molecule has 2 aromatic heterocycles. The van der Waals surface area contributed by atoms with Gasteiger partial charge in [-0.3, -0.25) is 4.79 Å². The van der Waals surface area contributed by atoms with Gasteiger partial charge in [-0.1, -0.05) is 17.0 Å². The summed E-state index contributed by atoms with van der Waals surface area (Å²) in [6.45, 7) is 1.96. The summed E-state index contributed by atoms with van der Waals surface area (Å²) < 4.78 is 4.87. The Bertz CT molecular complexity index is 652. The average Bonchev–Trinajstić information content (AvgIpc) is 2.82. The molecule has 0 atom stereocenters. The lowest BCUT2D eigenvalue weighted by atomic mass is 10.2. The number of nitrogens with one attached hydrogen (secondary N) is 1. The Morgan fingerprint density at radius 2 is 2.42 bits per heavy atom. The number of rotatable bonds is 2. The first kappa shape index (κ1) is 12.8. The molecule has 0 radical (unpaired) electrons. The maximum absolute atomic E-state index is 12.1. The highest BCUT2D eigenvalue weighted by molar-refractivity contribution is 6.03. The summed E-state index contributed by atoms with van der Waals surface area (Å²) >= 11 is 0. The van der Waals surface area contributed by atoms with E-state index in [0.717, 1.165) is 0 Å². The summed E-state index contributed by atoms with van der Waals surface area (Å²) in [5, 5.41) is 6.27. The maximum Gasteiger partial charge on any atom is 0.276 e. The summed E-state index contributed by atoms with van der Waals surface area (Å²) in [6.07, 6.45) is 1.52. The van der Waals surface area contributed by atoms with E-state index in [0.29, 0.717) is 17.1 Å². The van der Waals surface area contributed by atoms with E-state index in [1.165, 1.54) is 6.20 Å². The number of aromatic nitrogens is 2. The number of pyridine rings is 1. The van der Waals surface area contributed by atoms with Crippen molar-refractivity contribution in [3.63, 3.8) is 0 Å². The fraction of sp³-hybridized carbons (Fsp3) is 0.154. The number of amides is 1. The van der Waals surface area contributed by atoms with E-state index in [-0.39, 0.29) is 12.2 Å². The van der Waals surface area contributed by atoms with Crippen LogP contribution in [0.15, 0.2) is 28.9 Å². The van der Waals surface area contributed by atoms with Gasteiger partial charge in [0, 0.05) is 12.3 Å². The number of anilines is 1. The minimum atomic E-state index is -0.393. The van der Waals surface area contributed by atoms with Crippen LogP contribution in [0.25, 0.3) is 0 Å². The van der Waals surface area contributed by atoms with Crippen molar-refractivity contribution in [2.45, 2.75) is 6.92 Å². The molecule has 0 bridgehead atoms. The molecule has 0 saturated heterocycles. The van der Waals surface area contributed by atoms with E-state index in [2.05, 4.69) is 27.3 Å². The molecule has 0 aromatic carbocycles. The van der Waals surface area contributed by atoms with Crippen molar-refractivity contribution in [1.82, 2.24) is 10.1 Å². The van der Waals surface area contributed by atoms with Gasteiger partial charge < -0.3 is 15.6 Å². The number of hydrogen-bond acceptors (Lipinski definition) is 5. The Labute approximate surface area is 110 Å². The van der Waals surface area contributed by atoms with Crippen LogP contribution in [0.5, 0.6) is 0 Å². The first-order valence-corrected chi connectivity index (χ1v) is 5.59. The van der Waals surface area contributed by atoms with Gasteiger partial charge in [0.1, 0.15) is 11.5 Å². The molecule has 6 heteroatoms. The van der Waals surface area contributed by atoms with Crippen molar-refractivity contribution < 1.29 is 9.32 Å². The molecule has 0 aliphatic rings. The summed E-state index contributed by atoms with van der Waals surface area (Å²) in [4.78, 5) is 16.1. The first-order valence-electron chi connectivity index (χ1n) is 5.59. The second-order valence-corrected chi connectivity index (χ2v) is 3.68. The Kier molecular flexibility index (Phi) is 3.90. The van der Waals surface area contributed by atoms with Crippen LogP contribution in [0.1, 0.15) is 21.8 Å². The molecule has 3 N–H and O–H groups in total. The van der Waals surface area contributed by atoms with Crippen LogP contribution in [-0.2, 0) is 0 Å². The van der Waals surface area contributed by atoms with Gasteiger partial charge in [0.05, 0.1) is 12.1 Å². The van der Waals surface area contributed by atoms with Crippen molar-refractivity contribution in [3.8, 4) is 11.8 Å². The number of nitrogens with two attached hydrogens (primary N) is 1. The number of aryl methyl sites for hydroxylation is 1. The van der Waals surface area contributed by atoms with E-state index in [9.17, 15) is 4.79 Å². The normalized spacial score (nSPS) is 9.58. The lowest BCUT2D eigenvalue weighted by Crippen LogP contribution is -2.15. The lowest BCUT2D eigenvalue weighted by molar-refractivity contribution is 0.102. The molecular weight excluding hydrogens is 244 g/mol. The smallest absolute Gasteiger partial charge is 0.276 e. The van der Waals surface area contributed by atoms with Crippen molar-refractivity contribution in [3.05, 3.63) is 41.4 Å². The molecule has 96 valence electrons. The number of carbonyl (C=O) groups excluding carboxylic acids is 1. The molecule has 6 nitrogen and oxygen atoms in total. The first-order chi connectivity index (χ1) is 9.20. The molecule has 0 aliphatic heterocycles. The third-order valence-electron chi connectivity index (χ3n) is 2.22. The van der Waals surface area contributed by atoms with Gasteiger partial charge in [-0.15, -0.1) is 0 Å². The zero-order chi connectivity index (χ0) is 13.7. The zero-order valence-electron chi connectivity index (χ0n) is 10.3. The summed E-state index contributed by atoms with van der Waals surface area (Å²) in [7, 11) is 0. The predicted octanol–water partition coefficient (Wildman–Crippen LogP) is 0.941. The monoisotopic (exact) mass is 256 g/mol. The highest BCUT2D eigenvalue weighted by Crippen LogP contribution is 2.10. The standard InChI is InChI=1S/C13H12N4O2/c1-9-8-11(17-19-9)16-13(18)12-10(4-2-6-14)5-3-7-15-12/h3,5,7-8H,6,14H2,1H3,(H,16,17,18). The predicted molar refractivity (Wildman–Crippen MR) is 69.4 cm³/mol. The van der Waals surface area contributed by atoms with Gasteiger partial charge in [-0.25, -0.2) is 4.98 Å². The fourth-order valence-corrected chi connectivity index (χ4v) is 1.43. The zero-order valence-corrected chi connectivity index (χ0v) is 10.3. The Morgan fingerprint density at radius 3 is 3.11 bits per heavy atom. The topological polar surface area (TPSA) is 94.0 Å². The Morgan fingerprint density at radius 1 is 1.58 bits per heavy atom. The number of nitrogens with zero attached hydrogens (tertiary/aromatic N) is 2. The number of hydrogen-bond donors (Lipinski definition) is 2. The second-order valence-electron chi connectivity index (χ2n) is 3.68. The SMILES string of the molecule is Cc1cc(NC(=O)c2ncccc2C#CCN)no1. The average molecular weight is 256 g/mol. The molecule has 2 heterocycles. The van der Waals surface area contributed by atoms with Crippen molar-refractivity contribution in [2.24, 2.45) is 5.73 Å². The van der Waals surface area contributed by atoms with Crippen molar-refractivity contribution in [1.29, 1.82) is 0 Å². The Balaban J connectivity index is 2.23. The number of carbonyl (C=O) groups is 1. The van der Waals surface area contributed by atoms with Gasteiger partial charge >= 0.3 is 0 Å². The molecule has 0 fully saturated rings. The highest BCUT2D eigenvalue weighted by Gasteiger charge is 2.13. The van der Waals surface area contributed by atoms with Crippen LogP contribution in [0.3, 0.4) is 0 Å². The van der Waals surface area contributed by atoms with Crippen LogP contribution in [0, 0.1) is 18.8 Å². The highest BCUT2D eigenvalue weighted by atomic mass is 16.5. The summed E-state index contributed by atoms with van der Waals surface area (Å²) in [6, 6.07) is 5.03. The van der Waals surface area contributed by atoms with Crippen molar-refractivity contribution in [2.75, 3.05) is 11.9 Å². The lowest BCUT2D eigenvalue weighted by Gasteiger charge is -2.02. The summed E-state index contributed by atoms with van der Waals surface area (Å²) in [5.41, 5.74) is 6.06. The molecule has 0 aliphatic carbocycles. The largest absolute Gasteiger partial charge is 0.360 e. The van der Waals surface area contributed by atoms with Crippen LogP contribution >= 0.6 is 0 Å². The third kappa shape index (κ3) is 3.18. The van der Waals surface area contributed by atoms with Crippen LogP contribution in [0.4, 0.5) is 5.82 Å². The molecule has 1 amide bonds. The maximum atomic E-state index is 12.1. The fourth-order valence-electron chi connectivity index (χ4n) is 1.43. The molecular formula is C13H12N4O2. The minimum Gasteiger partial charge on any atom is -0.360 e. The van der Waals surface area contributed by atoms with E-state index >= 15 is 0 Å². The molecule has 0 spiro atoms. The quantitative estimate of drug-likeness (QED) is 0.780. The van der Waals surface area contributed by atoms with Gasteiger partial charge in [0.25, 0.3) is 5.91 Å². The molecule has 0 unspecified atom stereocenters. The second kappa shape index (κ2) is 5.80. The molecule has 2 rings (SSSR count). The van der Waals surface area contributed by atoms with Crippen LogP contribution in [0.2, 0.25) is 0 Å². The summed E-state index contributed by atoms with van der Waals surface area (Å²) in [5.74, 6) is 6.05. The molecule has 19 heavy (non-hydrogen) atoms. The van der Waals surface area contributed by atoms with Crippen molar-refractivity contribution >= 4 is 11.7 Å².